The van der Waals surface area contributed by atoms with E-state index in [1.54, 1.807) is 0 Å². The minimum Gasteiger partial charge on any atom is -0.328 e. The molecule has 0 saturated carbocycles. The van der Waals surface area contributed by atoms with E-state index in [9.17, 15) is 0 Å². The van der Waals surface area contributed by atoms with Crippen molar-refractivity contribution in [2.75, 3.05) is 5.75 Å². The fraction of sp³-hybridized carbons (Fsp3) is 0.750. The first-order valence-corrected chi connectivity index (χ1v) is 4.70. The first kappa shape index (κ1) is 9.58. The molecule has 1 aromatic heterocycles. The molecule has 4 heteroatoms. The molecule has 0 saturated heterocycles. The Morgan fingerprint density at radius 1 is 1.33 bits per heavy atom. The maximum Gasteiger partial charge on any atom is 0.135 e. The Bertz CT molecular complexity index is 249. The highest BCUT2D eigenvalue weighted by Gasteiger charge is 2.17. The summed E-state index contributed by atoms with van der Waals surface area (Å²) in [4.78, 5) is 3.18. The van der Waals surface area contributed by atoms with Gasteiger partial charge in [0.25, 0.3) is 0 Å². The van der Waals surface area contributed by atoms with Gasteiger partial charge in [-0.1, -0.05) is 20.8 Å². The van der Waals surface area contributed by atoms with Crippen LogP contribution in [0.25, 0.3) is 0 Å². The predicted octanol–water partition coefficient (Wildman–Crippen LogP) is 1.57. The number of hydrogen-bond donors (Lipinski definition) is 2. The van der Waals surface area contributed by atoms with E-state index in [2.05, 4.69) is 48.6 Å². The number of aryl methyl sites for hydroxylation is 1. The maximum absolute atomic E-state index is 4.13. The summed E-state index contributed by atoms with van der Waals surface area (Å²) in [5.41, 5.74) is 0.0574. The summed E-state index contributed by atoms with van der Waals surface area (Å²) < 4.78 is 0. The van der Waals surface area contributed by atoms with Crippen LogP contribution in [-0.4, -0.2) is 20.9 Å². The molecule has 1 heterocycles. The van der Waals surface area contributed by atoms with E-state index in [1.807, 2.05) is 0 Å². The summed E-state index contributed by atoms with van der Waals surface area (Å²) in [6, 6.07) is 0. The molecule has 1 aromatic rings. The monoisotopic (exact) mass is 185 g/mol. The molecule has 12 heavy (non-hydrogen) atoms. The van der Waals surface area contributed by atoms with E-state index in [0.29, 0.717) is 0 Å². The molecule has 68 valence electrons. The van der Waals surface area contributed by atoms with Crippen LogP contribution >= 0.6 is 12.6 Å². The fourth-order valence-corrected chi connectivity index (χ4v) is 1.06. The van der Waals surface area contributed by atoms with Gasteiger partial charge in [-0.2, -0.15) is 12.6 Å². The molecular weight excluding hydrogens is 170 g/mol. The van der Waals surface area contributed by atoms with E-state index in [0.717, 1.165) is 23.8 Å². The number of rotatable bonds is 2. The fourth-order valence-electron chi connectivity index (χ4n) is 0.853. The van der Waals surface area contributed by atoms with Crippen molar-refractivity contribution in [3.63, 3.8) is 0 Å². The third-order valence-corrected chi connectivity index (χ3v) is 1.82. The van der Waals surface area contributed by atoms with Crippen molar-refractivity contribution in [3.8, 4) is 0 Å². The molecule has 3 nitrogen and oxygen atoms in total. The quantitative estimate of drug-likeness (QED) is 0.687. The van der Waals surface area contributed by atoms with Crippen LogP contribution in [0, 0.1) is 0 Å². The molecule has 0 atom stereocenters. The van der Waals surface area contributed by atoms with Gasteiger partial charge in [-0.3, -0.25) is 0 Å². The van der Waals surface area contributed by atoms with E-state index in [1.165, 1.54) is 0 Å². The highest BCUT2D eigenvalue weighted by molar-refractivity contribution is 7.80. The average molecular weight is 185 g/mol. The van der Waals surface area contributed by atoms with Crippen molar-refractivity contribution in [3.05, 3.63) is 11.6 Å². The van der Waals surface area contributed by atoms with Crippen molar-refractivity contribution in [1.82, 2.24) is 15.2 Å². The van der Waals surface area contributed by atoms with Crippen LogP contribution in [-0.2, 0) is 11.8 Å². The number of aromatic nitrogens is 3. The standard InChI is InChI=1S/C8H15N3S/c1-8(2,3)7-9-6(4-5-12)10-11-7/h12H,4-5H2,1-3H3,(H,9,10,11). The summed E-state index contributed by atoms with van der Waals surface area (Å²) >= 11 is 4.13. The molecule has 0 spiro atoms. The Labute approximate surface area is 78.4 Å². The second kappa shape index (κ2) is 3.47. The summed E-state index contributed by atoms with van der Waals surface area (Å²) in [5, 5.41) is 8.08. The van der Waals surface area contributed by atoms with Gasteiger partial charge in [0.1, 0.15) is 11.6 Å². The van der Waals surface area contributed by atoms with Crippen molar-refractivity contribution in [2.24, 2.45) is 0 Å². The van der Waals surface area contributed by atoms with Crippen LogP contribution in [0.2, 0.25) is 0 Å². The minimum atomic E-state index is 0.0574. The Hall–Kier alpha value is -0.510. The Balaban J connectivity index is 2.77. The summed E-state index contributed by atoms with van der Waals surface area (Å²) in [6.07, 6.45) is 0.853. The van der Waals surface area contributed by atoms with Gasteiger partial charge in [-0.25, -0.2) is 0 Å². The molecule has 0 fully saturated rings. The van der Waals surface area contributed by atoms with Crippen LogP contribution in [0.1, 0.15) is 32.4 Å². The van der Waals surface area contributed by atoms with Gasteiger partial charge in [0.2, 0.25) is 0 Å². The summed E-state index contributed by atoms with van der Waals surface area (Å²) in [6.45, 7) is 6.33. The smallest absolute Gasteiger partial charge is 0.135 e. The molecule has 0 radical (unpaired) electrons. The molecular formula is C8H15N3S. The second-order valence-corrected chi connectivity index (χ2v) is 4.29. The Kier molecular flexibility index (Phi) is 2.77. The van der Waals surface area contributed by atoms with Crippen molar-refractivity contribution >= 4 is 12.6 Å². The first-order chi connectivity index (χ1) is 5.54. The van der Waals surface area contributed by atoms with Crippen molar-refractivity contribution < 1.29 is 0 Å². The molecule has 0 amide bonds. The minimum absolute atomic E-state index is 0.0574. The number of nitrogens with zero attached hydrogens (tertiary/aromatic N) is 2. The Morgan fingerprint density at radius 3 is 2.42 bits per heavy atom. The Morgan fingerprint density at radius 2 is 2.00 bits per heavy atom. The number of nitrogens with one attached hydrogen (secondary N) is 1. The topological polar surface area (TPSA) is 41.6 Å². The molecule has 0 bridgehead atoms. The molecule has 0 aromatic carbocycles. The molecule has 0 aliphatic rings. The van der Waals surface area contributed by atoms with Crippen LogP contribution in [0.4, 0.5) is 0 Å². The van der Waals surface area contributed by atoms with Crippen molar-refractivity contribution in [2.45, 2.75) is 32.6 Å². The molecule has 0 aliphatic carbocycles. The molecule has 0 unspecified atom stereocenters. The normalized spacial score (nSPS) is 12.0. The molecule has 1 rings (SSSR count). The number of thiol groups is 1. The van der Waals surface area contributed by atoms with E-state index in [-0.39, 0.29) is 5.41 Å². The average Bonchev–Trinajstić information content (AvgIpc) is 2.35. The lowest BCUT2D eigenvalue weighted by molar-refractivity contribution is 0.548. The van der Waals surface area contributed by atoms with Gasteiger partial charge < -0.3 is 4.98 Å². The van der Waals surface area contributed by atoms with Crippen LogP contribution in [0.5, 0.6) is 0 Å². The van der Waals surface area contributed by atoms with Gasteiger partial charge in [0, 0.05) is 11.8 Å². The van der Waals surface area contributed by atoms with Crippen LogP contribution in [0.15, 0.2) is 0 Å². The van der Waals surface area contributed by atoms with Gasteiger partial charge in [0.15, 0.2) is 0 Å². The van der Waals surface area contributed by atoms with Crippen LogP contribution in [0.3, 0.4) is 0 Å². The number of aromatic amines is 1. The largest absolute Gasteiger partial charge is 0.328 e. The first-order valence-electron chi connectivity index (χ1n) is 4.07. The third kappa shape index (κ3) is 2.24. The van der Waals surface area contributed by atoms with E-state index in [4.69, 9.17) is 0 Å². The number of hydrogen-bond acceptors (Lipinski definition) is 3. The second-order valence-electron chi connectivity index (χ2n) is 3.84. The number of H-pyrrole nitrogens is 1. The zero-order chi connectivity index (χ0) is 9.19. The van der Waals surface area contributed by atoms with Gasteiger partial charge in [-0.05, 0) is 5.75 Å². The third-order valence-electron chi connectivity index (χ3n) is 1.59. The maximum atomic E-state index is 4.13. The predicted molar refractivity (Wildman–Crippen MR) is 52.6 cm³/mol. The summed E-state index contributed by atoms with van der Waals surface area (Å²) in [7, 11) is 0. The van der Waals surface area contributed by atoms with E-state index < -0.39 is 0 Å². The van der Waals surface area contributed by atoms with E-state index >= 15 is 0 Å². The zero-order valence-electron chi connectivity index (χ0n) is 7.76. The highest BCUT2D eigenvalue weighted by Crippen LogP contribution is 2.17. The van der Waals surface area contributed by atoms with Crippen LogP contribution < -0.4 is 0 Å². The lowest BCUT2D eigenvalue weighted by Crippen LogP contribution is -2.13. The zero-order valence-corrected chi connectivity index (χ0v) is 8.65. The molecule has 1 N–H and O–H groups in total. The lowest BCUT2D eigenvalue weighted by Gasteiger charge is -2.12. The lowest BCUT2D eigenvalue weighted by atomic mass is 9.96. The molecule has 0 aliphatic heterocycles. The van der Waals surface area contributed by atoms with Gasteiger partial charge in [0.05, 0.1) is 0 Å². The van der Waals surface area contributed by atoms with Gasteiger partial charge in [-0.15, -0.1) is 10.2 Å². The summed E-state index contributed by atoms with van der Waals surface area (Å²) in [5.74, 6) is 2.67. The van der Waals surface area contributed by atoms with Gasteiger partial charge >= 0.3 is 0 Å². The SMILES string of the molecule is CC(C)(C)c1nnc(CCS)[nH]1. The highest BCUT2D eigenvalue weighted by atomic mass is 32.1. The van der Waals surface area contributed by atoms with Crippen molar-refractivity contribution in [1.29, 1.82) is 0 Å².